The lowest BCUT2D eigenvalue weighted by Crippen LogP contribution is -2.23. The summed E-state index contributed by atoms with van der Waals surface area (Å²) in [6.07, 6.45) is 7.98. The Morgan fingerprint density at radius 1 is 0.852 bits per heavy atom. The molecule has 1 aromatic heterocycles. The molecule has 0 aliphatic heterocycles. The Labute approximate surface area is 159 Å². The zero-order valence-electron chi connectivity index (χ0n) is 15.9. The second kappa shape index (κ2) is 7.82. The number of fused-ring (bicyclic) bond motifs is 1. The molecule has 1 heterocycles. The molecule has 27 heavy (non-hydrogen) atoms. The van der Waals surface area contributed by atoms with Crippen molar-refractivity contribution in [1.82, 2.24) is 9.97 Å². The van der Waals surface area contributed by atoms with Crippen molar-refractivity contribution in [3.05, 3.63) is 42.7 Å². The van der Waals surface area contributed by atoms with Gasteiger partial charge in [0.15, 0.2) is 11.5 Å². The lowest BCUT2D eigenvalue weighted by atomic mass is 9.95. The first kappa shape index (κ1) is 17.6. The summed E-state index contributed by atoms with van der Waals surface area (Å²) in [6.45, 7) is 0. The Balaban J connectivity index is 1.71. The van der Waals surface area contributed by atoms with Gasteiger partial charge in [-0.2, -0.15) is 0 Å². The summed E-state index contributed by atoms with van der Waals surface area (Å²) >= 11 is 0. The van der Waals surface area contributed by atoms with Gasteiger partial charge in [-0.3, -0.25) is 0 Å². The molecule has 1 aliphatic rings. The van der Waals surface area contributed by atoms with Gasteiger partial charge in [-0.05, 0) is 48.2 Å². The van der Waals surface area contributed by atoms with Crippen LogP contribution in [0.15, 0.2) is 42.7 Å². The smallest absolute Gasteiger partial charge is 0.161 e. The average Bonchev–Trinajstić information content (AvgIpc) is 2.74. The van der Waals surface area contributed by atoms with Gasteiger partial charge in [-0.15, -0.1) is 0 Å². The van der Waals surface area contributed by atoms with Crippen molar-refractivity contribution in [2.45, 2.75) is 38.1 Å². The van der Waals surface area contributed by atoms with E-state index in [-0.39, 0.29) is 0 Å². The van der Waals surface area contributed by atoms with Crippen LogP contribution in [0.4, 0.5) is 5.82 Å². The van der Waals surface area contributed by atoms with E-state index in [9.17, 15) is 0 Å². The van der Waals surface area contributed by atoms with Gasteiger partial charge in [-0.1, -0.05) is 31.4 Å². The van der Waals surface area contributed by atoms with Crippen molar-refractivity contribution in [2.24, 2.45) is 0 Å². The number of nitrogens with zero attached hydrogens (tertiary/aromatic N) is 2. The molecule has 0 atom stereocenters. The van der Waals surface area contributed by atoms with Gasteiger partial charge in [-0.25, -0.2) is 9.97 Å². The first-order chi connectivity index (χ1) is 13.3. The third kappa shape index (κ3) is 3.68. The molecule has 4 rings (SSSR count). The van der Waals surface area contributed by atoms with Crippen molar-refractivity contribution in [1.29, 1.82) is 0 Å². The van der Waals surface area contributed by atoms with E-state index >= 15 is 0 Å². The van der Waals surface area contributed by atoms with Gasteiger partial charge in [0.2, 0.25) is 0 Å². The zero-order valence-corrected chi connectivity index (χ0v) is 15.9. The van der Waals surface area contributed by atoms with Crippen LogP contribution in [0.2, 0.25) is 0 Å². The minimum atomic E-state index is 0.501. The molecular weight excluding hydrogens is 338 g/mol. The zero-order chi connectivity index (χ0) is 18.6. The van der Waals surface area contributed by atoms with E-state index in [2.05, 4.69) is 33.5 Å². The van der Waals surface area contributed by atoms with Gasteiger partial charge in [0.1, 0.15) is 12.1 Å². The maximum atomic E-state index is 5.45. The molecule has 0 saturated heterocycles. The third-order valence-electron chi connectivity index (χ3n) is 5.30. The van der Waals surface area contributed by atoms with Crippen LogP contribution in [0, 0.1) is 0 Å². The van der Waals surface area contributed by atoms with E-state index in [0.717, 1.165) is 39.3 Å². The molecular formula is C22H25N3O2. The lowest BCUT2D eigenvalue weighted by molar-refractivity contribution is 0.355. The minimum Gasteiger partial charge on any atom is -0.493 e. The Bertz CT molecular complexity index is 936. The van der Waals surface area contributed by atoms with E-state index in [1.807, 2.05) is 18.2 Å². The molecule has 5 nitrogen and oxygen atoms in total. The molecule has 0 spiro atoms. The second-order valence-corrected chi connectivity index (χ2v) is 7.00. The molecule has 0 bridgehead atoms. The SMILES string of the molecule is COc1ccc(-c2ccc3ncnc(NC4CCCCC4)c3c2)cc1OC. The minimum absolute atomic E-state index is 0.501. The summed E-state index contributed by atoms with van der Waals surface area (Å²) in [5, 5.41) is 4.70. The van der Waals surface area contributed by atoms with Crippen LogP contribution < -0.4 is 14.8 Å². The van der Waals surface area contributed by atoms with Crippen LogP contribution in [0.3, 0.4) is 0 Å². The number of ether oxygens (including phenoxy) is 2. The summed E-state index contributed by atoms with van der Waals surface area (Å²) in [4.78, 5) is 8.96. The molecule has 5 heteroatoms. The van der Waals surface area contributed by atoms with Crippen molar-refractivity contribution in [3.63, 3.8) is 0 Å². The van der Waals surface area contributed by atoms with Gasteiger partial charge in [0.25, 0.3) is 0 Å². The molecule has 1 saturated carbocycles. The number of nitrogens with one attached hydrogen (secondary N) is 1. The molecule has 1 N–H and O–H groups in total. The van der Waals surface area contributed by atoms with Gasteiger partial charge >= 0.3 is 0 Å². The highest BCUT2D eigenvalue weighted by atomic mass is 16.5. The first-order valence-corrected chi connectivity index (χ1v) is 9.52. The molecule has 0 radical (unpaired) electrons. The van der Waals surface area contributed by atoms with Crippen LogP contribution >= 0.6 is 0 Å². The van der Waals surface area contributed by atoms with Crippen LogP contribution in [-0.2, 0) is 0 Å². The number of rotatable bonds is 5. The number of aromatic nitrogens is 2. The standard InChI is InChI=1S/C22H25N3O2/c1-26-20-11-9-16(13-21(20)27-2)15-8-10-19-18(12-15)22(24-14-23-19)25-17-6-4-3-5-7-17/h8-14,17H,3-7H2,1-2H3,(H,23,24,25). The summed E-state index contributed by atoms with van der Waals surface area (Å²) < 4.78 is 10.8. The van der Waals surface area contributed by atoms with Gasteiger partial charge in [0.05, 0.1) is 19.7 Å². The summed E-state index contributed by atoms with van der Waals surface area (Å²) in [7, 11) is 3.30. The average molecular weight is 363 g/mol. The fourth-order valence-electron chi connectivity index (χ4n) is 3.81. The highest BCUT2D eigenvalue weighted by molar-refractivity contribution is 5.92. The number of hydrogen-bond acceptors (Lipinski definition) is 5. The Morgan fingerprint density at radius 2 is 1.59 bits per heavy atom. The maximum Gasteiger partial charge on any atom is 0.161 e. The Morgan fingerprint density at radius 3 is 2.37 bits per heavy atom. The lowest BCUT2D eigenvalue weighted by Gasteiger charge is -2.23. The number of methoxy groups -OCH3 is 2. The number of anilines is 1. The van der Waals surface area contributed by atoms with E-state index < -0.39 is 0 Å². The van der Waals surface area contributed by atoms with Crippen molar-refractivity contribution >= 4 is 16.7 Å². The fraction of sp³-hybridized carbons (Fsp3) is 0.364. The van der Waals surface area contributed by atoms with Gasteiger partial charge in [0, 0.05) is 11.4 Å². The number of hydrogen-bond donors (Lipinski definition) is 1. The Kier molecular flexibility index (Phi) is 5.10. The van der Waals surface area contributed by atoms with Gasteiger partial charge < -0.3 is 14.8 Å². The van der Waals surface area contributed by atoms with E-state index in [1.54, 1.807) is 20.5 Å². The summed E-state index contributed by atoms with van der Waals surface area (Å²) in [5.41, 5.74) is 3.12. The third-order valence-corrected chi connectivity index (χ3v) is 5.30. The van der Waals surface area contributed by atoms with E-state index in [4.69, 9.17) is 9.47 Å². The second-order valence-electron chi connectivity index (χ2n) is 7.00. The Hall–Kier alpha value is -2.82. The van der Waals surface area contributed by atoms with E-state index in [1.165, 1.54) is 32.1 Å². The molecule has 3 aromatic rings. The monoisotopic (exact) mass is 363 g/mol. The summed E-state index contributed by atoms with van der Waals surface area (Å²) in [5.74, 6) is 2.37. The van der Waals surface area contributed by atoms with Crippen LogP contribution in [0.25, 0.3) is 22.0 Å². The quantitative estimate of drug-likeness (QED) is 0.687. The normalized spacial score (nSPS) is 14.9. The van der Waals surface area contributed by atoms with Crippen LogP contribution in [0.1, 0.15) is 32.1 Å². The summed E-state index contributed by atoms with van der Waals surface area (Å²) in [6, 6.07) is 12.8. The molecule has 0 unspecified atom stereocenters. The predicted molar refractivity (Wildman–Crippen MR) is 109 cm³/mol. The topological polar surface area (TPSA) is 56.3 Å². The number of benzene rings is 2. The molecule has 1 aliphatic carbocycles. The van der Waals surface area contributed by atoms with Crippen molar-refractivity contribution < 1.29 is 9.47 Å². The molecule has 140 valence electrons. The van der Waals surface area contributed by atoms with Crippen molar-refractivity contribution in [3.8, 4) is 22.6 Å². The first-order valence-electron chi connectivity index (χ1n) is 9.52. The maximum absolute atomic E-state index is 5.45. The molecule has 1 fully saturated rings. The highest BCUT2D eigenvalue weighted by Gasteiger charge is 2.15. The fourth-order valence-corrected chi connectivity index (χ4v) is 3.81. The highest BCUT2D eigenvalue weighted by Crippen LogP contribution is 2.34. The van der Waals surface area contributed by atoms with Crippen LogP contribution in [-0.4, -0.2) is 30.2 Å². The van der Waals surface area contributed by atoms with Crippen LogP contribution in [0.5, 0.6) is 11.5 Å². The van der Waals surface area contributed by atoms with Crippen molar-refractivity contribution in [2.75, 3.05) is 19.5 Å². The largest absolute Gasteiger partial charge is 0.493 e. The molecule has 2 aromatic carbocycles. The van der Waals surface area contributed by atoms with E-state index in [0.29, 0.717) is 6.04 Å². The predicted octanol–water partition coefficient (Wildman–Crippen LogP) is 5.06. The molecule has 0 amide bonds.